The van der Waals surface area contributed by atoms with E-state index in [2.05, 4.69) is 13.8 Å². The summed E-state index contributed by atoms with van der Waals surface area (Å²) in [6, 6.07) is 0. The van der Waals surface area contributed by atoms with Crippen LogP contribution in [-0.2, 0) is 19.1 Å². The van der Waals surface area contributed by atoms with E-state index in [1.165, 1.54) is 6.92 Å². The molecule has 0 saturated heterocycles. The minimum Gasteiger partial charge on any atom is -0.458 e. The van der Waals surface area contributed by atoms with Crippen molar-refractivity contribution >= 4 is 17.5 Å². The van der Waals surface area contributed by atoms with E-state index in [1.807, 2.05) is 6.08 Å². The Hall–Kier alpha value is -1.75. The quantitative estimate of drug-likeness (QED) is 0.754. The fourth-order valence-corrected chi connectivity index (χ4v) is 7.13. The Morgan fingerprint density at radius 1 is 1.25 bits per heavy atom. The molecule has 3 unspecified atom stereocenters. The smallest absolute Gasteiger partial charge is 0.303 e. The van der Waals surface area contributed by atoms with Gasteiger partial charge in [0, 0.05) is 24.2 Å². The number of allylic oxidation sites excluding steroid dienone is 4. The molecule has 3 saturated carbocycles. The van der Waals surface area contributed by atoms with Crippen molar-refractivity contribution in [3.63, 3.8) is 0 Å². The lowest BCUT2D eigenvalue weighted by Gasteiger charge is -2.58. The Kier molecular flexibility index (Phi) is 4.65. The van der Waals surface area contributed by atoms with Gasteiger partial charge < -0.3 is 9.84 Å². The number of rotatable bonds is 3. The van der Waals surface area contributed by atoms with Crippen LogP contribution in [-0.4, -0.2) is 35.4 Å². The second-order valence-electron chi connectivity index (χ2n) is 9.68. The van der Waals surface area contributed by atoms with Gasteiger partial charge in [-0.1, -0.05) is 25.5 Å². The number of aliphatic hydroxyl groups excluding tert-OH is 1. The van der Waals surface area contributed by atoms with Crippen molar-refractivity contribution in [2.24, 2.45) is 34.5 Å². The van der Waals surface area contributed by atoms with Crippen LogP contribution >= 0.6 is 0 Å². The summed E-state index contributed by atoms with van der Waals surface area (Å²) in [5.41, 5.74) is 0.602. The molecule has 28 heavy (non-hydrogen) atoms. The van der Waals surface area contributed by atoms with Gasteiger partial charge in [0.2, 0.25) is 0 Å². The molecule has 4 aliphatic carbocycles. The Bertz CT molecular complexity index is 780. The number of ketones is 2. The summed E-state index contributed by atoms with van der Waals surface area (Å²) >= 11 is 0. The number of fused-ring (bicyclic) bond motifs is 5. The molecule has 3 fully saturated rings. The van der Waals surface area contributed by atoms with Crippen LogP contribution in [0.2, 0.25) is 0 Å². The summed E-state index contributed by atoms with van der Waals surface area (Å²) in [7, 11) is 0. The number of carbonyl (C=O) groups is 3. The highest BCUT2D eigenvalue weighted by Crippen LogP contribution is 2.66. The standard InChI is InChI=1S/C23H30O5/c1-13(24)28-12-20(27)18-7-6-17-16-5-4-14-10-15(25)8-9-22(14,2)21(16)19(26)11-23(17,18)3/h8-10,16-19,21,26H,4-7,11-12H2,1-3H3/t16?,17?,18-,19+,21?,22+,23+/m1/s1. The zero-order valence-corrected chi connectivity index (χ0v) is 16.9. The van der Waals surface area contributed by atoms with Gasteiger partial charge >= 0.3 is 5.97 Å². The number of ether oxygens (including phenoxy) is 1. The maximum atomic E-state index is 12.8. The molecule has 0 aromatic carbocycles. The van der Waals surface area contributed by atoms with E-state index in [4.69, 9.17) is 4.74 Å². The molecule has 0 aromatic rings. The number of Topliss-reactive ketones (excluding diaryl/α,β-unsaturated/α-hetero) is 1. The summed E-state index contributed by atoms with van der Waals surface area (Å²) in [5.74, 6) is 0.208. The average Bonchev–Trinajstić information content (AvgIpc) is 2.96. The van der Waals surface area contributed by atoms with Gasteiger partial charge in [0.25, 0.3) is 0 Å². The van der Waals surface area contributed by atoms with E-state index in [1.54, 1.807) is 12.2 Å². The molecule has 4 aliphatic rings. The Morgan fingerprint density at radius 2 is 2.00 bits per heavy atom. The van der Waals surface area contributed by atoms with E-state index in [0.717, 1.165) is 31.3 Å². The molecule has 1 N–H and O–H groups in total. The highest BCUT2D eigenvalue weighted by Gasteiger charge is 2.62. The van der Waals surface area contributed by atoms with Gasteiger partial charge in [0.05, 0.1) is 6.10 Å². The van der Waals surface area contributed by atoms with Crippen LogP contribution in [0.1, 0.15) is 52.9 Å². The van der Waals surface area contributed by atoms with Crippen LogP contribution in [0, 0.1) is 34.5 Å². The summed E-state index contributed by atoms with van der Waals surface area (Å²) in [6.45, 7) is 5.46. The molecule has 152 valence electrons. The van der Waals surface area contributed by atoms with E-state index in [-0.39, 0.29) is 40.8 Å². The number of aliphatic hydroxyl groups is 1. The number of hydrogen-bond acceptors (Lipinski definition) is 5. The average molecular weight is 386 g/mol. The van der Waals surface area contributed by atoms with E-state index in [9.17, 15) is 19.5 Å². The van der Waals surface area contributed by atoms with Gasteiger partial charge in [0.15, 0.2) is 11.6 Å². The van der Waals surface area contributed by atoms with Crippen molar-refractivity contribution in [2.75, 3.05) is 6.61 Å². The van der Waals surface area contributed by atoms with Gasteiger partial charge in [-0.15, -0.1) is 0 Å². The molecule has 7 atom stereocenters. The van der Waals surface area contributed by atoms with E-state index in [0.29, 0.717) is 18.3 Å². The summed E-state index contributed by atoms with van der Waals surface area (Å²) in [5, 5.41) is 11.3. The van der Waals surface area contributed by atoms with Crippen LogP contribution in [0.5, 0.6) is 0 Å². The second kappa shape index (κ2) is 6.65. The lowest BCUT2D eigenvalue weighted by atomic mass is 9.46. The van der Waals surface area contributed by atoms with Gasteiger partial charge in [-0.3, -0.25) is 14.4 Å². The molecular formula is C23H30O5. The van der Waals surface area contributed by atoms with E-state index >= 15 is 0 Å². The molecule has 0 spiro atoms. The van der Waals surface area contributed by atoms with Gasteiger partial charge in [0.1, 0.15) is 6.61 Å². The lowest BCUT2D eigenvalue weighted by Crippen LogP contribution is -2.56. The van der Waals surface area contributed by atoms with Gasteiger partial charge in [-0.2, -0.15) is 0 Å². The molecule has 5 nitrogen and oxygen atoms in total. The topological polar surface area (TPSA) is 80.7 Å². The number of carbonyl (C=O) groups excluding carboxylic acids is 3. The molecule has 5 heteroatoms. The minimum absolute atomic E-state index is 0.0170. The molecular weight excluding hydrogens is 356 g/mol. The fraction of sp³-hybridized carbons (Fsp3) is 0.696. The number of esters is 1. The van der Waals surface area contributed by atoms with Crippen molar-refractivity contribution < 1.29 is 24.2 Å². The minimum atomic E-state index is -0.514. The second-order valence-corrected chi connectivity index (χ2v) is 9.68. The molecule has 0 amide bonds. The van der Waals surface area contributed by atoms with Crippen molar-refractivity contribution in [3.05, 3.63) is 23.8 Å². The van der Waals surface area contributed by atoms with Crippen molar-refractivity contribution in [3.8, 4) is 0 Å². The first-order chi connectivity index (χ1) is 13.2. The van der Waals surface area contributed by atoms with Crippen LogP contribution in [0.25, 0.3) is 0 Å². The summed E-state index contributed by atoms with van der Waals surface area (Å²) in [6.07, 6.45) is 9.08. The third-order valence-corrected chi connectivity index (χ3v) is 8.30. The zero-order chi connectivity index (χ0) is 20.3. The van der Waals surface area contributed by atoms with Crippen molar-refractivity contribution in [1.29, 1.82) is 0 Å². The number of hydrogen-bond donors (Lipinski definition) is 1. The van der Waals surface area contributed by atoms with Crippen molar-refractivity contribution in [1.82, 2.24) is 0 Å². The van der Waals surface area contributed by atoms with Gasteiger partial charge in [-0.25, -0.2) is 0 Å². The summed E-state index contributed by atoms with van der Waals surface area (Å²) in [4.78, 5) is 35.8. The monoisotopic (exact) mass is 386 g/mol. The van der Waals surface area contributed by atoms with Crippen LogP contribution in [0.4, 0.5) is 0 Å². The highest BCUT2D eigenvalue weighted by atomic mass is 16.5. The molecule has 0 heterocycles. The third kappa shape index (κ3) is 2.81. The Morgan fingerprint density at radius 3 is 2.71 bits per heavy atom. The first kappa shape index (κ1) is 19.6. The van der Waals surface area contributed by atoms with E-state index < -0.39 is 12.1 Å². The lowest BCUT2D eigenvalue weighted by molar-refractivity contribution is -0.152. The molecule has 0 aromatic heterocycles. The van der Waals surface area contributed by atoms with Gasteiger partial charge in [-0.05, 0) is 61.5 Å². The summed E-state index contributed by atoms with van der Waals surface area (Å²) < 4.78 is 4.97. The largest absolute Gasteiger partial charge is 0.458 e. The molecule has 0 bridgehead atoms. The predicted molar refractivity (Wildman–Crippen MR) is 103 cm³/mol. The van der Waals surface area contributed by atoms with Crippen LogP contribution in [0.3, 0.4) is 0 Å². The Balaban J connectivity index is 1.62. The molecule has 0 aliphatic heterocycles. The maximum absolute atomic E-state index is 12.8. The first-order valence-corrected chi connectivity index (χ1v) is 10.4. The normalized spacial score (nSPS) is 44.2. The zero-order valence-electron chi connectivity index (χ0n) is 16.9. The van der Waals surface area contributed by atoms with Crippen LogP contribution < -0.4 is 0 Å². The SMILES string of the molecule is CC(=O)OCC(=O)[C@H]1CCC2C3CCC4=CC(=O)C=C[C@]4(C)C3[C@@H](O)C[C@@]21C. The fourth-order valence-electron chi connectivity index (χ4n) is 7.13. The van der Waals surface area contributed by atoms with Crippen LogP contribution in [0.15, 0.2) is 23.8 Å². The maximum Gasteiger partial charge on any atom is 0.303 e. The first-order valence-electron chi connectivity index (χ1n) is 10.4. The highest BCUT2D eigenvalue weighted by molar-refractivity contribution is 6.01. The molecule has 4 rings (SSSR count). The predicted octanol–water partition coefficient (Wildman–Crippen LogP) is 3.01. The van der Waals surface area contributed by atoms with Crippen molar-refractivity contribution in [2.45, 2.75) is 59.0 Å². The third-order valence-electron chi connectivity index (χ3n) is 8.30. The molecule has 0 radical (unpaired) electrons. The Labute approximate surface area is 166 Å².